The summed E-state index contributed by atoms with van der Waals surface area (Å²) in [5.41, 5.74) is 1.66. The summed E-state index contributed by atoms with van der Waals surface area (Å²) in [4.78, 5) is 30.2. The largest absolute Gasteiger partial charge is 0.350 e. The van der Waals surface area contributed by atoms with Gasteiger partial charge >= 0.3 is 5.92 Å². The number of anilines is 2. The lowest BCUT2D eigenvalue weighted by molar-refractivity contribution is -0.140. The topological polar surface area (TPSA) is 62.3 Å². The number of amides is 2. The van der Waals surface area contributed by atoms with E-state index in [-0.39, 0.29) is 17.2 Å². The van der Waals surface area contributed by atoms with Gasteiger partial charge < -0.3 is 10.2 Å². The van der Waals surface area contributed by atoms with E-state index in [1.807, 2.05) is 0 Å². The minimum atomic E-state index is -3.67. The second-order valence-corrected chi connectivity index (χ2v) is 8.47. The van der Waals surface area contributed by atoms with Crippen molar-refractivity contribution in [2.24, 2.45) is 5.92 Å². The predicted molar refractivity (Wildman–Crippen MR) is 124 cm³/mol. The highest BCUT2D eigenvalue weighted by Crippen LogP contribution is 2.36. The second kappa shape index (κ2) is 9.27. The van der Waals surface area contributed by atoms with Gasteiger partial charge in [0.25, 0.3) is 5.91 Å². The zero-order chi connectivity index (χ0) is 23.6. The number of carbonyl (C=O) groups excluding carboxylic acids is 2. The Morgan fingerprint density at radius 3 is 2.42 bits per heavy atom. The zero-order valence-electron chi connectivity index (χ0n) is 17.9. The van der Waals surface area contributed by atoms with Crippen LogP contribution in [0.25, 0.3) is 11.3 Å². The van der Waals surface area contributed by atoms with Crippen LogP contribution in [-0.4, -0.2) is 23.3 Å². The number of nitrogens with one attached hydrogen (secondary N) is 1. The van der Waals surface area contributed by atoms with Crippen LogP contribution >= 0.6 is 11.6 Å². The van der Waals surface area contributed by atoms with Gasteiger partial charge in [0.05, 0.1) is 28.3 Å². The Kier molecular flexibility index (Phi) is 6.42. The molecule has 170 valence electrons. The lowest BCUT2D eigenvalue weighted by Crippen LogP contribution is -2.32. The highest BCUT2D eigenvalue weighted by Gasteiger charge is 2.40. The molecule has 0 atom stereocenters. The summed E-state index contributed by atoms with van der Waals surface area (Å²) in [6, 6.07) is 15.3. The average Bonchev–Trinajstić information content (AvgIpc) is 3.63. The van der Waals surface area contributed by atoms with Gasteiger partial charge in [0.2, 0.25) is 5.91 Å². The van der Waals surface area contributed by atoms with Crippen LogP contribution < -0.4 is 10.2 Å². The van der Waals surface area contributed by atoms with E-state index < -0.39 is 11.8 Å². The van der Waals surface area contributed by atoms with E-state index in [0.717, 1.165) is 12.8 Å². The molecule has 5 nitrogen and oxygen atoms in total. The van der Waals surface area contributed by atoms with Crippen LogP contribution in [0.2, 0.25) is 5.02 Å². The summed E-state index contributed by atoms with van der Waals surface area (Å²) in [7, 11) is 0. The summed E-state index contributed by atoms with van der Waals surface area (Å²) in [5, 5.41) is 2.63. The number of rotatable bonds is 7. The highest BCUT2D eigenvalue weighted by atomic mass is 35.5. The Balaban J connectivity index is 1.48. The first-order chi connectivity index (χ1) is 15.8. The van der Waals surface area contributed by atoms with Gasteiger partial charge in [-0.1, -0.05) is 48.0 Å². The Morgan fingerprint density at radius 1 is 1.12 bits per heavy atom. The minimum absolute atomic E-state index is 0.0675. The first-order valence-electron chi connectivity index (χ1n) is 10.5. The fourth-order valence-electron chi connectivity index (χ4n) is 3.47. The van der Waals surface area contributed by atoms with Crippen molar-refractivity contribution in [1.82, 2.24) is 4.98 Å². The number of hydrogen-bond acceptors (Lipinski definition) is 3. The standard InChI is InChI=1S/C25H22ClF2N3O2/c1-16(32)31(15-17-7-8-17)23-12-9-18(13-21(23)26)22-11-10-20(14-29-22)30-24(33)25(27,28)19-5-3-2-4-6-19/h2-6,9-14,17H,7-8,15H2,1H3,(H,30,33). The van der Waals surface area contributed by atoms with Crippen LogP contribution in [0, 0.1) is 5.92 Å². The molecule has 1 heterocycles. The Hall–Kier alpha value is -3.32. The number of benzene rings is 2. The summed E-state index contributed by atoms with van der Waals surface area (Å²) in [5.74, 6) is -4.66. The van der Waals surface area contributed by atoms with E-state index in [4.69, 9.17) is 11.6 Å². The summed E-state index contributed by atoms with van der Waals surface area (Å²) in [6.07, 6.45) is 3.54. The van der Waals surface area contributed by atoms with Crippen molar-refractivity contribution in [3.05, 3.63) is 77.4 Å². The number of hydrogen-bond donors (Lipinski definition) is 1. The summed E-state index contributed by atoms with van der Waals surface area (Å²) in [6.45, 7) is 2.16. The molecule has 2 aromatic carbocycles. The van der Waals surface area contributed by atoms with Gasteiger partial charge in [-0.15, -0.1) is 0 Å². The molecule has 1 aromatic heterocycles. The molecule has 0 radical (unpaired) electrons. The molecule has 1 aliphatic carbocycles. The third kappa shape index (κ3) is 5.20. The zero-order valence-corrected chi connectivity index (χ0v) is 18.7. The van der Waals surface area contributed by atoms with Gasteiger partial charge in [0, 0.05) is 24.6 Å². The van der Waals surface area contributed by atoms with E-state index in [0.29, 0.717) is 34.4 Å². The highest BCUT2D eigenvalue weighted by molar-refractivity contribution is 6.34. The van der Waals surface area contributed by atoms with Crippen molar-refractivity contribution in [3.8, 4) is 11.3 Å². The first-order valence-corrected chi connectivity index (χ1v) is 10.9. The van der Waals surface area contributed by atoms with Crippen molar-refractivity contribution < 1.29 is 18.4 Å². The molecule has 0 unspecified atom stereocenters. The normalized spacial score (nSPS) is 13.5. The number of halogens is 3. The van der Waals surface area contributed by atoms with Gasteiger partial charge in [-0.25, -0.2) is 0 Å². The van der Waals surface area contributed by atoms with Crippen LogP contribution in [0.1, 0.15) is 25.3 Å². The quantitative estimate of drug-likeness (QED) is 0.469. The molecule has 1 saturated carbocycles. The molecule has 3 aromatic rings. The van der Waals surface area contributed by atoms with E-state index in [1.165, 1.54) is 43.5 Å². The van der Waals surface area contributed by atoms with Crippen LogP contribution in [0.3, 0.4) is 0 Å². The molecule has 0 aliphatic heterocycles. The van der Waals surface area contributed by atoms with Crippen molar-refractivity contribution in [2.45, 2.75) is 25.7 Å². The van der Waals surface area contributed by atoms with Gasteiger partial charge in [-0.2, -0.15) is 8.78 Å². The third-order valence-electron chi connectivity index (χ3n) is 5.49. The second-order valence-electron chi connectivity index (χ2n) is 8.07. The molecule has 33 heavy (non-hydrogen) atoms. The van der Waals surface area contributed by atoms with Crippen molar-refractivity contribution in [3.63, 3.8) is 0 Å². The van der Waals surface area contributed by atoms with Crippen molar-refractivity contribution >= 4 is 34.8 Å². The van der Waals surface area contributed by atoms with Gasteiger partial charge in [0.1, 0.15) is 0 Å². The van der Waals surface area contributed by atoms with Gasteiger partial charge in [0.15, 0.2) is 0 Å². The third-order valence-corrected chi connectivity index (χ3v) is 5.80. The molecule has 4 rings (SSSR count). The maximum absolute atomic E-state index is 14.4. The number of nitrogens with zero attached hydrogens (tertiary/aromatic N) is 2. The Morgan fingerprint density at radius 2 is 1.85 bits per heavy atom. The minimum Gasteiger partial charge on any atom is -0.319 e. The fourth-order valence-corrected chi connectivity index (χ4v) is 3.75. The summed E-state index contributed by atoms with van der Waals surface area (Å²) >= 11 is 6.47. The molecular formula is C25H22ClF2N3O2. The molecule has 2 amide bonds. The molecule has 0 spiro atoms. The molecule has 1 fully saturated rings. The Bertz CT molecular complexity index is 1170. The number of pyridine rings is 1. The first kappa shape index (κ1) is 22.9. The maximum atomic E-state index is 14.4. The SMILES string of the molecule is CC(=O)N(CC1CC1)c1ccc(-c2ccc(NC(=O)C(F)(F)c3ccccc3)cn2)cc1Cl. The predicted octanol–water partition coefficient (Wildman–Crippen LogP) is 5.90. The number of carbonyl (C=O) groups is 2. The van der Waals surface area contributed by atoms with Gasteiger partial charge in [-0.3, -0.25) is 14.6 Å². The van der Waals surface area contributed by atoms with E-state index in [9.17, 15) is 18.4 Å². The summed E-state index contributed by atoms with van der Waals surface area (Å²) < 4.78 is 28.8. The van der Waals surface area contributed by atoms with Crippen LogP contribution in [0.5, 0.6) is 0 Å². The van der Waals surface area contributed by atoms with E-state index >= 15 is 0 Å². The van der Waals surface area contributed by atoms with Crippen molar-refractivity contribution in [1.29, 1.82) is 0 Å². The lowest BCUT2D eigenvalue weighted by Gasteiger charge is -2.22. The van der Waals surface area contributed by atoms with Gasteiger partial charge in [-0.05, 0) is 43.0 Å². The lowest BCUT2D eigenvalue weighted by atomic mass is 10.1. The molecule has 1 aliphatic rings. The molecule has 0 bridgehead atoms. The molecule has 0 saturated heterocycles. The maximum Gasteiger partial charge on any atom is 0.350 e. The monoisotopic (exact) mass is 469 g/mol. The Labute approximate surface area is 195 Å². The number of alkyl halides is 2. The molecule has 1 N–H and O–H groups in total. The van der Waals surface area contributed by atoms with Crippen LogP contribution in [0.15, 0.2) is 66.9 Å². The van der Waals surface area contributed by atoms with E-state index in [2.05, 4.69) is 10.3 Å². The smallest absolute Gasteiger partial charge is 0.319 e. The molecular weight excluding hydrogens is 448 g/mol. The fraction of sp³-hybridized carbons (Fsp3) is 0.240. The van der Waals surface area contributed by atoms with Crippen LogP contribution in [-0.2, 0) is 15.5 Å². The van der Waals surface area contributed by atoms with Crippen molar-refractivity contribution in [2.75, 3.05) is 16.8 Å². The van der Waals surface area contributed by atoms with Crippen LogP contribution in [0.4, 0.5) is 20.2 Å². The average molecular weight is 470 g/mol. The number of aromatic nitrogens is 1. The van der Waals surface area contributed by atoms with E-state index in [1.54, 1.807) is 35.2 Å². The molecule has 8 heteroatoms.